The molecular formula is C17H14ClNO. The van der Waals surface area contributed by atoms with Crippen molar-refractivity contribution < 1.29 is 4.42 Å². The van der Waals surface area contributed by atoms with Crippen molar-refractivity contribution in [2.24, 2.45) is 0 Å². The molecule has 0 aliphatic heterocycles. The first kappa shape index (κ1) is 12.8. The highest BCUT2D eigenvalue weighted by Crippen LogP contribution is 2.24. The van der Waals surface area contributed by atoms with Crippen LogP contribution < -0.4 is 5.32 Å². The lowest BCUT2D eigenvalue weighted by Gasteiger charge is -1.98. The normalized spacial score (nSPS) is 11.3. The summed E-state index contributed by atoms with van der Waals surface area (Å²) >= 11 is 5.96. The van der Waals surface area contributed by atoms with Gasteiger partial charge < -0.3 is 9.73 Å². The number of anilines is 1. The first-order valence-electron chi connectivity index (χ1n) is 6.39. The number of hydrogen-bond acceptors (Lipinski definition) is 2. The van der Waals surface area contributed by atoms with Gasteiger partial charge in [0, 0.05) is 23.1 Å². The van der Waals surface area contributed by atoms with Gasteiger partial charge in [0.2, 0.25) is 0 Å². The van der Waals surface area contributed by atoms with Crippen LogP contribution in [-0.4, -0.2) is 7.05 Å². The van der Waals surface area contributed by atoms with Crippen LogP contribution in [0.3, 0.4) is 0 Å². The average molecular weight is 284 g/mol. The maximum atomic E-state index is 5.96. The molecule has 0 fully saturated rings. The van der Waals surface area contributed by atoms with E-state index in [4.69, 9.17) is 16.0 Å². The van der Waals surface area contributed by atoms with E-state index in [1.54, 1.807) is 0 Å². The molecular weight excluding hydrogens is 270 g/mol. The fraction of sp³-hybridized carbons (Fsp3) is 0.0588. The molecule has 0 amide bonds. The van der Waals surface area contributed by atoms with Crippen molar-refractivity contribution >= 4 is 40.4 Å². The number of furan rings is 1. The van der Waals surface area contributed by atoms with Crippen molar-refractivity contribution in [3.63, 3.8) is 0 Å². The standard InChI is InChI=1S/C17H14ClNO/c1-19-15-6-2-12(3-7-15)4-8-16-11-13-10-14(18)5-9-17(13)20-16/h2-11,19H,1H3. The van der Waals surface area contributed by atoms with Crippen LogP contribution in [0.2, 0.25) is 5.02 Å². The van der Waals surface area contributed by atoms with Crippen LogP contribution in [-0.2, 0) is 0 Å². The summed E-state index contributed by atoms with van der Waals surface area (Å²) in [6.45, 7) is 0. The summed E-state index contributed by atoms with van der Waals surface area (Å²) in [5.74, 6) is 0.819. The zero-order valence-corrected chi connectivity index (χ0v) is 11.8. The van der Waals surface area contributed by atoms with E-state index in [9.17, 15) is 0 Å². The van der Waals surface area contributed by atoms with Gasteiger partial charge in [0.1, 0.15) is 11.3 Å². The van der Waals surface area contributed by atoms with Crippen LogP contribution in [0.4, 0.5) is 5.69 Å². The van der Waals surface area contributed by atoms with E-state index in [1.807, 2.05) is 55.6 Å². The molecule has 100 valence electrons. The predicted octanol–water partition coefficient (Wildman–Crippen LogP) is 5.30. The Hall–Kier alpha value is -2.19. The lowest BCUT2D eigenvalue weighted by atomic mass is 10.2. The van der Waals surface area contributed by atoms with Gasteiger partial charge >= 0.3 is 0 Å². The average Bonchev–Trinajstić information content (AvgIpc) is 2.87. The van der Waals surface area contributed by atoms with Crippen molar-refractivity contribution in [1.82, 2.24) is 0 Å². The summed E-state index contributed by atoms with van der Waals surface area (Å²) in [4.78, 5) is 0. The third kappa shape index (κ3) is 2.70. The minimum absolute atomic E-state index is 0.719. The highest BCUT2D eigenvalue weighted by atomic mass is 35.5. The van der Waals surface area contributed by atoms with Gasteiger partial charge in [-0.2, -0.15) is 0 Å². The summed E-state index contributed by atoms with van der Waals surface area (Å²) in [5.41, 5.74) is 3.07. The summed E-state index contributed by atoms with van der Waals surface area (Å²) in [5, 5.41) is 4.83. The summed E-state index contributed by atoms with van der Waals surface area (Å²) in [6, 6.07) is 15.8. The van der Waals surface area contributed by atoms with Gasteiger partial charge in [-0.1, -0.05) is 29.8 Å². The molecule has 3 heteroatoms. The molecule has 1 heterocycles. The molecule has 0 bridgehead atoms. The Morgan fingerprint density at radius 3 is 2.55 bits per heavy atom. The van der Waals surface area contributed by atoms with E-state index >= 15 is 0 Å². The van der Waals surface area contributed by atoms with Crippen LogP contribution in [0.5, 0.6) is 0 Å². The number of hydrogen-bond donors (Lipinski definition) is 1. The fourth-order valence-corrected chi connectivity index (χ4v) is 2.24. The molecule has 0 atom stereocenters. The molecule has 0 saturated heterocycles. The van der Waals surface area contributed by atoms with Crippen molar-refractivity contribution in [2.45, 2.75) is 0 Å². The molecule has 2 aromatic carbocycles. The van der Waals surface area contributed by atoms with Crippen LogP contribution in [0.15, 0.2) is 52.9 Å². The maximum Gasteiger partial charge on any atom is 0.134 e. The van der Waals surface area contributed by atoms with Crippen molar-refractivity contribution in [3.8, 4) is 0 Å². The van der Waals surface area contributed by atoms with Crippen molar-refractivity contribution in [1.29, 1.82) is 0 Å². The molecule has 0 aliphatic rings. The van der Waals surface area contributed by atoms with E-state index in [-0.39, 0.29) is 0 Å². The van der Waals surface area contributed by atoms with Gasteiger partial charge in [-0.3, -0.25) is 0 Å². The fourth-order valence-electron chi connectivity index (χ4n) is 2.06. The highest BCUT2D eigenvalue weighted by molar-refractivity contribution is 6.31. The van der Waals surface area contributed by atoms with Crippen LogP contribution >= 0.6 is 11.6 Å². The zero-order valence-electron chi connectivity index (χ0n) is 11.1. The molecule has 1 aromatic heterocycles. The number of halogens is 1. The Morgan fingerprint density at radius 1 is 1.00 bits per heavy atom. The first-order chi connectivity index (χ1) is 9.74. The van der Waals surface area contributed by atoms with E-state index in [2.05, 4.69) is 17.4 Å². The van der Waals surface area contributed by atoms with E-state index in [0.717, 1.165) is 33.0 Å². The lowest BCUT2D eigenvalue weighted by molar-refractivity contribution is 0.604. The molecule has 2 nitrogen and oxygen atoms in total. The maximum absolute atomic E-state index is 5.96. The van der Waals surface area contributed by atoms with E-state index in [1.165, 1.54) is 0 Å². The Morgan fingerprint density at radius 2 is 1.80 bits per heavy atom. The summed E-state index contributed by atoms with van der Waals surface area (Å²) < 4.78 is 5.73. The molecule has 3 rings (SSSR count). The lowest BCUT2D eigenvalue weighted by Crippen LogP contribution is -1.86. The molecule has 20 heavy (non-hydrogen) atoms. The Bertz CT molecular complexity index is 756. The van der Waals surface area contributed by atoms with Gasteiger partial charge in [0.25, 0.3) is 0 Å². The monoisotopic (exact) mass is 283 g/mol. The Balaban J connectivity index is 1.85. The predicted molar refractivity (Wildman–Crippen MR) is 86.1 cm³/mol. The molecule has 0 aliphatic carbocycles. The van der Waals surface area contributed by atoms with Crippen LogP contribution in [0, 0.1) is 0 Å². The van der Waals surface area contributed by atoms with Crippen LogP contribution in [0.25, 0.3) is 23.1 Å². The number of fused-ring (bicyclic) bond motifs is 1. The van der Waals surface area contributed by atoms with Gasteiger partial charge in [0.15, 0.2) is 0 Å². The van der Waals surface area contributed by atoms with Gasteiger partial charge in [0.05, 0.1) is 0 Å². The van der Waals surface area contributed by atoms with E-state index in [0.29, 0.717) is 0 Å². The smallest absolute Gasteiger partial charge is 0.134 e. The van der Waals surface area contributed by atoms with Crippen molar-refractivity contribution in [3.05, 3.63) is 64.9 Å². The molecule has 0 radical (unpaired) electrons. The minimum atomic E-state index is 0.719. The largest absolute Gasteiger partial charge is 0.457 e. The third-order valence-corrected chi connectivity index (χ3v) is 3.37. The minimum Gasteiger partial charge on any atom is -0.457 e. The second kappa shape index (κ2) is 5.43. The Labute approximate surface area is 122 Å². The topological polar surface area (TPSA) is 25.2 Å². The number of rotatable bonds is 3. The summed E-state index contributed by atoms with van der Waals surface area (Å²) in [6.07, 6.45) is 3.99. The molecule has 0 spiro atoms. The van der Waals surface area contributed by atoms with Gasteiger partial charge in [-0.05, 0) is 48.0 Å². The zero-order chi connectivity index (χ0) is 13.9. The molecule has 1 N–H and O–H groups in total. The molecule has 0 unspecified atom stereocenters. The van der Waals surface area contributed by atoms with Gasteiger partial charge in [-0.15, -0.1) is 0 Å². The van der Waals surface area contributed by atoms with Crippen LogP contribution in [0.1, 0.15) is 11.3 Å². The van der Waals surface area contributed by atoms with E-state index < -0.39 is 0 Å². The van der Waals surface area contributed by atoms with Crippen molar-refractivity contribution in [2.75, 3.05) is 12.4 Å². The third-order valence-electron chi connectivity index (χ3n) is 3.14. The SMILES string of the molecule is CNc1ccc(C=Cc2cc3cc(Cl)ccc3o2)cc1. The first-order valence-corrected chi connectivity index (χ1v) is 6.77. The van der Waals surface area contributed by atoms with Gasteiger partial charge in [-0.25, -0.2) is 0 Å². The highest BCUT2D eigenvalue weighted by Gasteiger charge is 2.01. The quantitative estimate of drug-likeness (QED) is 0.706. The summed E-state index contributed by atoms with van der Waals surface area (Å²) in [7, 11) is 1.91. The second-order valence-electron chi connectivity index (χ2n) is 4.54. The number of nitrogens with one attached hydrogen (secondary N) is 1. The number of benzene rings is 2. The molecule has 0 saturated carbocycles. The molecule has 3 aromatic rings. The Kier molecular flexibility index (Phi) is 3.48. The second-order valence-corrected chi connectivity index (χ2v) is 4.97.